The van der Waals surface area contributed by atoms with Gasteiger partial charge in [0.2, 0.25) is 11.8 Å². The van der Waals surface area contributed by atoms with Crippen molar-refractivity contribution in [3.63, 3.8) is 0 Å². The Hall–Kier alpha value is -3.64. The average Bonchev–Trinajstić information content (AvgIpc) is 2.97. The Morgan fingerprint density at radius 2 is 1.72 bits per heavy atom. The number of ether oxygens (including phenoxy) is 1. The molecule has 1 heterocycles. The average molecular weight is 526 g/mol. The minimum atomic E-state index is -0.743. The zero-order valence-electron chi connectivity index (χ0n) is 22.8. The van der Waals surface area contributed by atoms with Crippen molar-refractivity contribution in [1.82, 2.24) is 10.2 Å². The molecule has 6 nitrogen and oxygen atoms in total. The fourth-order valence-electron chi connectivity index (χ4n) is 5.77. The number of fused-ring (bicyclic) bond motifs is 2. The number of rotatable bonds is 9. The summed E-state index contributed by atoms with van der Waals surface area (Å²) in [7, 11) is 0. The summed E-state index contributed by atoms with van der Waals surface area (Å²) >= 11 is 0. The first kappa shape index (κ1) is 26.9. The van der Waals surface area contributed by atoms with E-state index < -0.39 is 12.1 Å². The fraction of sp³-hybridized carbons (Fsp3) is 0.394. The summed E-state index contributed by atoms with van der Waals surface area (Å²) in [6.45, 7) is 3.21. The lowest BCUT2D eigenvalue weighted by Gasteiger charge is -2.38. The molecule has 2 aliphatic rings. The molecule has 0 bridgehead atoms. The van der Waals surface area contributed by atoms with Crippen molar-refractivity contribution in [2.24, 2.45) is 5.73 Å². The Kier molecular flexibility index (Phi) is 8.62. The van der Waals surface area contributed by atoms with E-state index in [1.54, 1.807) is 4.90 Å². The van der Waals surface area contributed by atoms with Crippen molar-refractivity contribution in [3.05, 3.63) is 101 Å². The first-order valence-corrected chi connectivity index (χ1v) is 14.3. The molecule has 0 unspecified atom stereocenters. The number of unbranched alkanes of at least 4 members (excludes halogenated alkanes) is 1. The molecule has 6 heteroatoms. The molecule has 5 rings (SSSR count). The van der Waals surface area contributed by atoms with Crippen LogP contribution in [-0.4, -0.2) is 35.4 Å². The molecule has 0 spiro atoms. The van der Waals surface area contributed by atoms with Crippen LogP contribution in [0.4, 0.5) is 0 Å². The predicted molar refractivity (Wildman–Crippen MR) is 153 cm³/mol. The molecule has 39 heavy (non-hydrogen) atoms. The molecule has 3 aromatic rings. The maximum absolute atomic E-state index is 13.8. The van der Waals surface area contributed by atoms with Crippen LogP contribution in [0.2, 0.25) is 0 Å². The van der Waals surface area contributed by atoms with Gasteiger partial charge in [-0.15, -0.1) is 0 Å². The zero-order chi connectivity index (χ0) is 27.2. The smallest absolute Gasteiger partial charge is 0.243 e. The molecule has 0 radical (unpaired) electrons. The summed E-state index contributed by atoms with van der Waals surface area (Å²) in [4.78, 5) is 29.2. The second-order valence-electron chi connectivity index (χ2n) is 10.8. The Bertz CT molecular complexity index is 1290. The summed E-state index contributed by atoms with van der Waals surface area (Å²) < 4.78 is 5.76. The first-order valence-electron chi connectivity index (χ1n) is 14.3. The van der Waals surface area contributed by atoms with Gasteiger partial charge in [-0.1, -0.05) is 74.0 Å². The molecule has 1 aliphatic heterocycles. The summed E-state index contributed by atoms with van der Waals surface area (Å²) in [6, 6.07) is 22.8. The standard InChI is InChI=1S/C33H39N3O3/c1-2-3-19-39-27-17-15-23(16-18-27)20-29(34)33(38)36-22-26-11-5-4-10-25(26)21-31(36)32(37)35-30-14-8-12-24-9-6-7-13-28(24)30/h4-7,9-11,13,15-18,29-31H,2-3,8,12,14,19-22,34H2,1H3,(H,35,37)/t29-,30+,31-/m0/s1. The van der Waals surface area contributed by atoms with Crippen LogP contribution in [0.3, 0.4) is 0 Å². The Balaban J connectivity index is 1.30. The molecular formula is C33H39N3O3. The number of hydrogen-bond acceptors (Lipinski definition) is 4. The lowest BCUT2D eigenvalue weighted by Crippen LogP contribution is -2.57. The minimum Gasteiger partial charge on any atom is -0.494 e. The van der Waals surface area contributed by atoms with Gasteiger partial charge < -0.3 is 20.7 Å². The van der Waals surface area contributed by atoms with Gasteiger partial charge in [0.15, 0.2) is 0 Å². The highest BCUT2D eigenvalue weighted by Crippen LogP contribution is 2.31. The van der Waals surface area contributed by atoms with E-state index in [4.69, 9.17) is 10.5 Å². The van der Waals surface area contributed by atoms with Crippen LogP contribution in [0.5, 0.6) is 5.75 Å². The number of carbonyl (C=O) groups is 2. The molecule has 2 amide bonds. The number of amides is 2. The summed E-state index contributed by atoms with van der Waals surface area (Å²) in [5.41, 5.74) is 12.1. The van der Waals surface area contributed by atoms with Gasteiger partial charge in [0.25, 0.3) is 0 Å². The normalized spacial score (nSPS) is 19.0. The molecule has 0 fully saturated rings. The van der Waals surface area contributed by atoms with Crippen LogP contribution >= 0.6 is 0 Å². The molecular weight excluding hydrogens is 486 g/mol. The van der Waals surface area contributed by atoms with Crippen molar-refractivity contribution in [3.8, 4) is 5.75 Å². The highest BCUT2D eigenvalue weighted by Gasteiger charge is 2.37. The van der Waals surface area contributed by atoms with E-state index in [2.05, 4.69) is 36.5 Å². The largest absolute Gasteiger partial charge is 0.494 e. The van der Waals surface area contributed by atoms with Crippen LogP contribution < -0.4 is 15.8 Å². The number of carbonyl (C=O) groups excluding carboxylic acids is 2. The van der Waals surface area contributed by atoms with E-state index in [1.165, 1.54) is 11.1 Å². The Morgan fingerprint density at radius 1 is 1.00 bits per heavy atom. The monoisotopic (exact) mass is 525 g/mol. The molecule has 0 aromatic heterocycles. The van der Waals surface area contributed by atoms with Crippen molar-refractivity contribution in [2.75, 3.05) is 6.61 Å². The molecule has 1 aliphatic carbocycles. The third-order valence-corrected chi connectivity index (χ3v) is 7.98. The second-order valence-corrected chi connectivity index (χ2v) is 10.8. The van der Waals surface area contributed by atoms with Crippen molar-refractivity contribution in [2.45, 2.75) is 76.5 Å². The maximum Gasteiger partial charge on any atom is 0.243 e. The number of hydrogen-bond donors (Lipinski definition) is 2. The van der Waals surface area contributed by atoms with Gasteiger partial charge in [-0.3, -0.25) is 9.59 Å². The van der Waals surface area contributed by atoms with Gasteiger partial charge in [-0.2, -0.15) is 0 Å². The van der Waals surface area contributed by atoms with E-state index in [0.29, 0.717) is 26.0 Å². The van der Waals surface area contributed by atoms with Gasteiger partial charge in [0.05, 0.1) is 18.7 Å². The molecule has 0 saturated heterocycles. The molecule has 0 saturated carbocycles. The van der Waals surface area contributed by atoms with E-state index in [0.717, 1.165) is 54.5 Å². The van der Waals surface area contributed by atoms with Gasteiger partial charge in [0.1, 0.15) is 11.8 Å². The maximum atomic E-state index is 13.8. The highest BCUT2D eigenvalue weighted by molar-refractivity contribution is 5.91. The Labute approximate surface area is 231 Å². The van der Waals surface area contributed by atoms with E-state index >= 15 is 0 Å². The third-order valence-electron chi connectivity index (χ3n) is 7.98. The number of nitrogens with one attached hydrogen (secondary N) is 1. The number of nitrogens with zero attached hydrogens (tertiary/aromatic N) is 1. The van der Waals surface area contributed by atoms with E-state index in [-0.39, 0.29) is 17.9 Å². The first-order chi connectivity index (χ1) is 19.0. The van der Waals surface area contributed by atoms with Gasteiger partial charge in [-0.05, 0) is 72.1 Å². The van der Waals surface area contributed by atoms with Crippen LogP contribution in [0.25, 0.3) is 0 Å². The van der Waals surface area contributed by atoms with E-state index in [9.17, 15) is 9.59 Å². The lowest BCUT2D eigenvalue weighted by atomic mass is 9.87. The van der Waals surface area contributed by atoms with Crippen molar-refractivity contribution in [1.29, 1.82) is 0 Å². The lowest BCUT2D eigenvalue weighted by molar-refractivity contribution is -0.143. The zero-order valence-corrected chi connectivity index (χ0v) is 22.8. The third kappa shape index (κ3) is 6.34. The summed E-state index contributed by atoms with van der Waals surface area (Å²) in [5, 5.41) is 3.29. The summed E-state index contributed by atoms with van der Waals surface area (Å²) in [5.74, 6) is 0.512. The van der Waals surface area contributed by atoms with Crippen LogP contribution in [0, 0.1) is 0 Å². The number of benzene rings is 3. The fourth-order valence-corrected chi connectivity index (χ4v) is 5.77. The van der Waals surface area contributed by atoms with Crippen LogP contribution in [-0.2, 0) is 35.4 Å². The quantitative estimate of drug-likeness (QED) is 0.390. The molecule has 3 N–H and O–H groups in total. The topological polar surface area (TPSA) is 84.7 Å². The second kappa shape index (κ2) is 12.5. The van der Waals surface area contributed by atoms with Crippen LogP contribution in [0.1, 0.15) is 66.5 Å². The minimum absolute atomic E-state index is 0.0386. The highest BCUT2D eigenvalue weighted by atomic mass is 16.5. The predicted octanol–water partition coefficient (Wildman–Crippen LogP) is 4.88. The summed E-state index contributed by atoms with van der Waals surface area (Å²) in [6.07, 6.45) is 5.95. The van der Waals surface area contributed by atoms with E-state index in [1.807, 2.05) is 48.5 Å². The molecule has 204 valence electrons. The SMILES string of the molecule is CCCCOc1ccc(C[C@H](N)C(=O)N2Cc3ccccc3C[C@H]2C(=O)N[C@@H]2CCCc3ccccc32)cc1. The molecule has 3 atom stereocenters. The Morgan fingerprint density at radius 3 is 2.49 bits per heavy atom. The van der Waals surface area contributed by atoms with Crippen LogP contribution in [0.15, 0.2) is 72.8 Å². The van der Waals surface area contributed by atoms with Gasteiger partial charge in [0, 0.05) is 13.0 Å². The van der Waals surface area contributed by atoms with Gasteiger partial charge >= 0.3 is 0 Å². The van der Waals surface area contributed by atoms with Gasteiger partial charge in [-0.25, -0.2) is 0 Å². The van der Waals surface area contributed by atoms with Crippen molar-refractivity contribution >= 4 is 11.8 Å². The number of aryl methyl sites for hydroxylation is 1. The van der Waals surface area contributed by atoms with Crippen molar-refractivity contribution < 1.29 is 14.3 Å². The molecule has 3 aromatic carbocycles. The number of nitrogens with two attached hydrogens (primary N) is 1.